The Morgan fingerprint density at radius 3 is 2.26 bits per heavy atom. The highest BCUT2D eigenvalue weighted by Crippen LogP contribution is 2.08. The summed E-state index contributed by atoms with van der Waals surface area (Å²) in [7, 11) is 0. The predicted molar refractivity (Wildman–Crippen MR) is 92.0 cm³/mol. The van der Waals surface area contributed by atoms with Crippen molar-refractivity contribution >= 4 is 15.9 Å². The number of rotatable bonds is 13. The van der Waals surface area contributed by atoms with Crippen LogP contribution in [0.4, 0.5) is 0 Å². The van der Waals surface area contributed by atoms with Crippen LogP contribution < -0.4 is 0 Å². The van der Waals surface area contributed by atoms with Gasteiger partial charge in [0.25, 0.3) is 0 Å². The van der Waals surface area contributed by atoms with Crippen molar-refractivity contribution in [3.05, 3.63) is 30.0 Å². The lowest BCUT2D eigenvalue weighted by Crippen LogP contribution is -1.80. The molecule has 0 fully saturated rings. The van der Waals surface area contributed by atoms with E-state index in [0.717, 1.165) is 11.8 Å². The molecule has 0 saturated heterocycles. The Bertz CT molecular complexity index is 246. The standard InChI is InChI=1S/C18H31Br/c1-2-3-4-5-6-7-8-9-10-11-12-13-14-15-16-17-18-19/h5,7,9-10H,2-4,8,11-18H2,1H3. The van der Waals surface area contributed by atoms with Crippen molar-refractivity contribution < 1.29 is 0 Å². The Morgan fingerprint density at radius 1 is 0.789 bits per heavy atom. The van der Waals surface area contributed by atoms with Crippen molar-refractivity contribution in [2.75, 3.05) is 5.33 Å². The lowest BCUT2D eigenvalue weighted by Gasteiger charge is -1.98. The van der Waals surface area contributed by atoms with E-state index in [1.807, 2.05) is 0 Å². The highest BCUT2D eigenvalue weighted by atomic mass is 79.9. The summed E-state index contributed by atoms with van der Waals surface area (Å²) in [4.78, 5) is 0. The van der Waals surface area contributed by atoms with Gasteiger partial charge in [0.05, 0.1) is 0 Å². The fourth-order valence-corrected chi connectivity index (χ4v) is 2.28. The minimum absolute atomic E-state index is 1.04. The van der Waals surface area contributed by atoms with Gasteiger partial charge in [0.2, 0.25) is 0 Å². The van der Waals surface area contributed by atoms with Crippen molar-refractivity contribution in [1.82, 2.24) is 0 Å². The third-order valence-electron chi connectivity index (χ3n) is 3.11. The normalized spacial score (nSPS) is 10.6. The molecule has 110 valence electrons. The summed E-state index contributed by atoms with van der Waals surface area (Å²) in [6, 6.07) is 0. The number of unbranched alkanes of at least 4 members (excludes halogenated alkanes) is 8. The van der Waals surface area contributed by atoms with Crippen molar-refractivity contribution in [3.63, 3.8) is 0 Å². The lowest BCUT2D eigenvalue weighted by molar-refractivity contribution is 0.613. The van der Waals surface area contributed by atoms with Crippen LogP contribution in [-0.2, 0) is 0 Å². The molecule has 0 aliphatic carbocycles. The quantitative estimate of drug-likeness (QED) is 0.148. The molecule has 0 aliphatic rings. The first-order valence-electron chi connectivity index (χ1n) is 8.02. The van der Waals surface area contributed by atoms with Gasteiger partial charge < -0.3 is 0 Å². The smallest absolute Gasteiger partial charge is 0.00313 e. The first kappa shape index (κ1) is 18.7. The molecule has 0 aromatic heterocycles. The fraction of sp³-hybridized carbons (Fsp3) is 0.722. The van der Waals surface area contributed by atoms with Gasteiger partial charge in [0.15, 0.2) is 0 Å². The Balaban J connectivity index is 3.23. The Morgan fingerprint density at radius 2 is 1.53 bits per heavy atom. The van der Waals surface area contributed by atoms with E-state index in [1.165, 1.54) is 64.2 Å². The third-order valence-corrected chi connectivity index (χ3v) is 3.67. The SMILES string of the molecule is CCCCC=C=CCC=CCCCCCCCCBr. The molecule has 0 aliphatic heterocycles. The third kappa shape index (κ3) is 17.7. The van der Waals surface area contributed by atoms with Crippen LogP contribution in [0.3, 0.4) is 0 Å². The molecular weight excluding hydrogens is 296 g/mol. The average Bonchev–Trinajstić information content (AvgIpc) is 2.43. The number of allylic oxidation sites excluding steroid dienone is 3. The first-order valence-corrected chi connectivity index (χ1v) is 9.14. The molecule has 0 atom stereocenters. The van der Waals surface area contributed by atoms with E-state index >= 15 is 0 Å². The monoisotopic (exact) mass is 326 g/mol. The Hall–Kier alpha value is -0.260. The summed E-state index contributed by atoms with van der Waals surface area (Å²) in [5.74, 6) is 0. The maximum atomic E-state index is 3.47. The number of alkyl halides is 1. The molecule has 1 heteroatoms. The van der Waals surface area contributed by atoms with Gasteiger partial charge >= 0.3 is 0 Å². The van der Waals surface area contributed by atoms with Gasteiger partial charge in [-0.05, 0) is 50.7 Å². The van der Waals surface area contributed by atoms with Crippen molar-refractivity contribution in [1.29, 1.82) is 0 Å². The molecule has 0 heterocycles. The highest BCUT2D eigenvalue weighted by Gasteiger charge is 1.89. The van der Waals surface area contributed by atoms with Gasteiger partial charge in [0, 0.05) is 5.33 Å². The van der Waals surface area contributed by atoms with Gasteiger partial charge in [0.1, 0.15) is 0 Å². The zero-order valence-electron chi connectivity index (χ0n) is 12.7. The molecule has 0 aromatic carbocycles. The van der Waals surface area contributed by atoms with Gasteiger partial charge in [-0.2, -0.15) is 0 Å². The average molecular weight is 327 g/mol. The largest absolute Gasteiger partial charge is 0.129 e. The molecular formula is C18H31Br. The molecule has 0 rings (SSSR count). The maximum absolute atomic E-state index is 3.47. The summed E-state index contributed by atoms with van der Waals surface area (Å²) in [6.45, 7) is 2.22. The molecule has 0 bridgehead atoms. The van der Waals surface area contributed by atoms with Crippen LogP contribution in [0.2, 0.25) is 0 Å². The molecule has 0 saturated carbocycles. The Kier molecular flexibility index (Phi) is 17.5. The van der Waals surface area contributed by atoms with E-state index < -0.39 is 0 Å². The Labute approximate surface area is 129 Å². The van der Waals surface area contributed by atoms with Crippen LogP contribution in [0.1, 0.15) is 77.6 Å². The van der Waals surface area contributed by atoms with Crippen LogP contribution in [-0.4, -0.2) is 5.33 Å². The second-order valence-corrected chi connectivity index (χ2v) is 5.82. The van der Waals surface area contributed by atoms with Crippen molar-refractivity contribution in [2.45, 2.75) is 77.6 Å². The molecule has 0 spiro atoms. The molecule has 0 nitrogen and oxygen atoms in total. The maximum Gasteiger partial charge on any atom is 0.00313 e. The van der Waals surface area contributed by atoms with Crippen LogP contribution >= 0.6 is 15.9 Å². The van der Waals surface area contributed by atoms with Crippen molar-refractivity contribution in [2.24, 2.45) is 0 Å². The molecule has 0 radical (unpaired) electrons. The summed E-state index contributed by atoms with van der Waals surface area (Å²) in [5.41, 5.74) is 3.25. The molecule has 0 unspecified atom stereocenters. The molecule has 0 aromatic rings. The lowest BCUT2D eigenvalue weighted by atomic mass is 10.1. The summed E-state index contributed by atoms with van der Waals surface area (Å²) in [5, 5.41) is 1.16. The number of halogens is 1. The van der Waals surface area contributed by atoms with Crippen LogP contribution in [0.25, 0.3) is 0 Å². The van der Waals surface area contributed by atoms with Gasteiger partial charge in [-0.25, -0.2) is 0 Å². The number of hydrogen-bond acceptors (Lipinski definition) is 0. The zero-order valence-corrected chi connectivity index (χ0v) is 14.3. The van der Waals surface area contributed by atoms with E-state index in [9.17, 15) is 0 Å². The van der Waals surface area contributed by atoms with E-state index in [-0.39, 0.29) is 0 Å². The summed E-state index contributed by atoms with van der Waals surface area (Å²) >= 11 is 3.47. The second-order valence-electron chi connectivity index (χ2n) is 5.02. The van der Waals surface area contributed by atoms with Gasteiger partial charge in [-0.15, -0.1) is 5.73 Å². The predicted octanol–water partition coefficient (Wildman–Crippen LogP) is 6.96. The molecule has 0 N–H and O–H groups in total. The van der Waals surface area contributed by atoms with Crippen LogP contribution in [0, 0.1) is 0 Å². The minimum atomic E-state index is 1.04. The zero-order chi connectivity index (χ0) is 14.0. The first-order chi connectivity index (χ1) is 9.41. The van der Waals surface area contributed by atoms with Gasteiger partial charge in [-0.3, -0.25) is 0 Å². The van der Waals surface area contributed by atoms with Crippen molar-refractivity contribution in [3.8, 4) is 0 Å². The summed E-state index contributed by atoms with van der Waals surface area (Å²) in [6.07, 6.45) is 23.1. The minimum Gasteiger partial charge on any atom is -0.129 e. The second kappa shape index (κ2) is 17.7. The van der Waals surface area contributed by atoms with Crippen LogP contribution in [0.15, 0.2) is 30.0 Å². The van der Waals surface area contributed by atoms with Crippen LogP contribution in [0.5, 0.6) is 0 Å². The van der Waals surface area contributed by atoms with E-state index in [4.69, 9.17) is 0 Å². The van der Waals surface area contributed by atoms with E-state index in [2.05, 4.69) is 52.9 Å². The molecule has 19 heavy (non-hydrogen) atoms. The van der Waals surface area contributed by atoms with E-state index in [1.54, 1.807) is 0 Å². The highest BCUT2D eigenvalue weighted by molar-refractivity contribution is 9.09. The molecule has 0 amide bonds. The fourth-order valence-electron chi connectivity index (χ4n) is 1.89. The number of hydrogen-bond donors (Lipinski definition) is 0. The summed E-state index contributed by atoms with van der Waals surface area (Å²) < 4.78 is 0. The van der Waals surface area contributed by atoms with E-state index in [0.29, 0.717) is 0 Å². The van der Waals surface area contributed by atoms with Gasteiger partial charge in [-0.1, -0.05) is 67.1 Å². The topological polar surface area (TPSA) is 0 Å².